The van der Waals surface area contributed by atoms with Gasteiger partial charge in [0.25, 0.3) is 0 Å². The van der Waals surface area contributed by atoms with Crippen molar-refractivity contribution in [2.45, 2.75) is 44.4 Å². The van der Waals surface area contributed by atoms with Crippen molar-refractivity contribution in [3.8, 4) is 0 Å². The van der Waals surface area contributed by atoms with Crippen LogP contribution in [0.4, 0.5) is 0 Å². The molecule has 0 unspecified atom stereocenters. The van der Waals surface area contributed by atoms with Crippen LogP contribution in [-0.4, -0.2) is 69.1 Å². The fraction of sp³-hybridized carbons (Fsp3) is 1.00. The van der Waals surface area contributed by atoms with Crippen LogP contribution in [0, 0.1) is 0 Å². The number of hydrogen-bond acceptors (Lipinski definition) is 4. The maximum atomic E-state index is 5.31. The van der Waals surface area contributed by atoms with Gasteiger partial charge in [0.1, 0.15) is 0 Å². The third-order valence-corrected chi connectivity index (χ3v) is 4.32. The Hall–Kier alpha value is -0.160. The quantitative estimate of drug-likeness (QED) is 0.697. The van der Waals surface area contributed by atoms with Crippen molar-refractivity contribution in [1.29, 1.82) is 0 Å². The third-order valence-electron chi connectivity index (χ3n) is 4.32. The summed E-state index contributed by atoms with van der Waals surface area (Å²) in [5, 5.41) is 0. The summed E-state index contributed by atoms with van der Waals surface area (Å²) in [6, 6.07) is 0.758. The molecule has 0 aromatic rings. The van der Waals surface area contributed by atoms with Gasteiger partial charge < -0.3 is 9.47 Å². The van der Waals surface area contributed by atoms with E-state index >= 15 is 0 Å². The molecule has 4 nitrogen and oxygen atoms in total. The minimum Gasteiger partial charge on any atom is -0.355 e. The molecule has 0 amide bonds. The number of methoxy groups -OCH3 is 2. The number of likely N-dealkylation sites (tertiary alicyclic amines) is 2. The maximum Gasteiger partial charge on any atom is 0.169 e. The second-order valence-electron chi connectivity index (χ2n) is 5.55. The zero-order valence-corrected chi connectivity index (χ0v) is 11.9. The molecule has 2 aliphatic heterocycles. The molecular formula is C14H28N2O2. The number of ether oxygens (including phenoxy) is 2. The molecular weight excluding hydrogens is 228 g/mol. The van der Waals surface area contributed by atoms with Gasteiger partial charge in [-0.2, -0.15) is 0 Å². The van der Waals surface area contributed by atoms with Crippen molar-refractivity contribution < 1.29 is 9.47 Å². The molecule has 106 valence electrons. The van der Waals surface area contributed by atoms with Crippen LogP contribution in [-0.2, 0) is 9.47 Å². The molecule has 0 spiro atoms. The largest absolute Gasteiger partial charge is 0.355 e. The van der Waals surface area contributed by atoms with Crippen LogP contribution in [0.3, 0.4) is 0 Å². The van der Waals surface area contributed by atoms with E-state index in [9.17, 15) is 0 Å². The minimum atomic E-state index is -0.0786. The SMILES string of the molecule is COC(CN1CCC[C@@H](N2CCCCC2)C1)OC. The molecule has 2 rings (SSSR count). The number of rotatable bonds is 5. The molecule has 0 radical (unpaired) electrons. The maximum absolute atomic E-state index is 5.31. The summed E-state index contributed by atoms with van der Waals surface area (Å²) in [4.78, 5) is 5.20. The first-order valence-corrected chi connectivity index (χ1v) is 7.35. The predicted octanol–water partition coefficient (Wildman–Crippen LogP) is 1.56. The van der Waals surface area contributed by atoms with Gasteiger partial charge in [-0.05, 0) is 45.3 Å². The van der Waals surface area contributed by atoms with Crippen molar-refractivity contribution in [3.63, 3.8) is 0 Å². The van der Waals surface area contributed by atoms with Gasteiger partial charge >= 0.3 is 0 Å². The van der Waals surface area contributed by atoms with E-state index < -0.39 is 0 Å². The molecule has 0 aromatic heterocycles. The van der Waals surface area contributed by atoms with E-state index in [1.165, 1.54) is 58.3 Å². The minimum absolute atomic E-state index is 0.0786. The predicted molar refractivity (Wildman–Crippen MR) is 72.7 cm³/mol. The van der Waals surface area contributed by atoms with E-state index in [0.717, 1.165) is 12.6 Å². The molecule has 2 heterocycles. The van der Waals surface area contributed by atoms with Crippen LogP contribution < -0.4 is 0 Å². The first-order chi connectivity index (χ1) is 8.83. The topological polar surface area (TPSA) is 24.9 Å². The van der Waals surface area contributed by atoms with E-state index in [2.05, 4.69) is 9.80 Å². The highest BCUT2D eigenvalue weighted by Gasteiger charge is 2.27. The van der Waals surface area contributed by atoms with Crippen molar-refractivity contribution in [3.05, 3.63) is 0 Å². The molecule has 0 aliphatic carbocycles. The lowest BCUT2D eigenvalue weighted by atomic mass is 10.0. The van der Waals surface area contributed by atoms with Gasteiger partial charge in [-0.3, -0.25) is 9.80 Å². The zero-order valence-electron chi connectivity index (χ0n) is 11.9. The Morgan fingerprint density at radius 1 is 1.00 bits per heavy atom. The van der Waals surface area contributed by atoms with Crippen LogP contribution in [0.25, 0.3) is 0 Å². The standard InChI is InChI=1S/C14H28N2O2/c1-17-14(18-2)12-15-8-6-7-13(11-15)16-9-4-3-5-10-16/h13-14H,3-12H2,1-2H3/t13-/m1/s1. The van der Waals surface area contributed by atoms with Crippen molar-refractivity contribution >= 4 is 0 Å². The lowest BCUT2D eigenvalue weighted by molar-refractivity contribution is -0.120. The van der Waals surface area contributed by atoms with Gasteiger partial charge in [-0.15, -0.1) is 0 Å². The molecule has 0 aromatic carbocycles. The van der Waals surface area contributed by atoms with Crippen LogP contribution in [0.1, 0.15) is 32.1 Å². The van der Waals surface area contributed by atoms with E-state index in [1.54, 1.807) is 14.2 Å². The molecule has 18 heavy (non-hydrogen) atoms. The Labute approximate surface area is 111 Å². The summed E-state index contributed by atoms with van der Waals surface area (Å²) in [5.41, 5.74) is 0. The number of hydrogen-bond donors (Lipinski definition) is 0. The highest BCUT2D eigenvalue weighted by molar-refractivity contribution is 4.82. The van der Waals surface area contributed by atoms with Gasteiger partial charge in [0, 0.05) is 33.4 Å². The summed E-state index contributed by atoms with van der Waals surface area (Å²) in [5.74, 6) is 0. The molecule has 4 heteroatoms. The first kappa shape index (κ1) is 14.3. The summed E-state index contributed by atoms with van der Waals surface area (Å²) >= 11 is 0. The highest BCUT2D eigenvalue weighted by atomic mass is 16.7. The van der Waals surface area contributed by atoms with Crippen LogP contribution in [0.5, 0.6) is 0 Å². The summed E-state index contributed by atoms with van der Waals surface area (Å²) < 4.78 is 10.6. The Bertz CT molecular complexity index is 228. The first-order valence-electron chi connectivity index (χ1n) is 7.35. The fourth-order valence-corrected chi connectivity index (χ4v) is 3.23. The molecule has 2 saturated heterocycles. The van der Waals surface area contributed by atoms with E-state index in [4.69, 9.17) is 9.47 Å². The lowest BCUT2D eigenvalue weighted by Crippen LogP contribution is -2.51. The summed E-state index contributed by atoms with van der Waals surface area (Å²) in [7, 11) is 3.44. The normalized spacial score (nSPS) is 27.8. The van der Waals surface area contributed by atoms with E-state index in [0.29, 0.717) is 0 Å². The average molecular weight is 256 g/mol. The smallest absolute Gasteiger partial charge is 0.169 e. The van der Waals surface area contributed by atoms with E-state index in [-0.39, 0.29) is 6.29 Å². The third kappa shape index (κ3) is 3.92. The molecule has 0 N–H and O–H groups in total. The van der Waals surface area contributed by atoms with Gasteiger partial charge in [0.15, 0.2) is 6.29 Å². The monoisotopic (exact) mass is 256 g/mol. The van der Waals surface area contributed by atoms with Crippen molar-refractivity contribution in [2.24, 2.45) is 0 Å². The van der Waals surface area contributed by atoms with Gasteiger partial charge in [0.2, 0.25) is 0 Å². The fourth-order valence-electron chi connectivity index (χ4n) is 3.23. The second-order valence-corrected chi connectivity index (χ2v) is 5.55. The lowest BCUT2D eigenvalue weighted by Gasteiger charge is -2.41. The van der Waals surface area contributed by atoms with Gasteiger partial charge in [-0.25, -0.2) is 0 Å². The Kier molecular flexibility index (Phi) is 5.89. The molecule has 2 fully saturated rings. The Morgan fingerprint density at radius 3 is 2.39 bits per heavy atom. The second kappa shape index (κ2) is 7.43. The van der Waals surface area contributed by atoms with Crippen LogP contribution in [0.2, 0.25) is 0 Å². The van der Waals surface area contributed by atoms with E-state index in [1.807, 2.05) is 0 Å². The molecule has 1 atom stereocenters. The summed E-state index contributed by atoms with van der Waals surface area (Å²) in [6.45, 7) is 5.88. The van der Waals surface area contributed by atoms with Crippen molar-refractivity contribution in [1.82, 2.24) is 9.80 Å². The molecule has 0 saturated carbocycles. The van der Waals surface area contributed by atoms with Crippen LogP contribution in [0.15, 0.2) is 0 Å². The average Bonchev–Trinajstić information content (AvgIpc) is 2.46. The Balaban J connectivity index is 1.80. The van der Waals surface area contributed by atoms with Crippen molar-refractivity contribution in [2.75, 3.05) is 46.9 Å². The Morgan fingerprint density at radius 2 is 1.72 bits per heavy atom. The number of nitrogens with zero attached hydrogens (tertiary/aromatic N) is 2. The zero-order chi connectivity index (χ0) is 12.8. The highest BCUT2D eigenvalue weighted by Crippen LogP contribution is 2.20. The van der Waals surface area contributed by atoms with Crippen LogP contribution >= 0.6 is 0 Å². The molecule has 0 bridgehead atoms. The van der Waals surface area contributed by atoms with Gasteiger partial charge in [-0.1, -0.05) is 6.42 Å². The molecule has 2 aliphatic rings. The van der Waals surface area contributed by atoms with Gasteiger partial charge in [0.05, 0.1) is 0 Å². The number of piperidine rings is 2. The summed E-state index contributed by atoms with van der Waals surface area (Å²) in [6.07, 6.45) is 6.78.